The van der Waals surface area contributed by atoms with Crippen LogP contribution in [0.5, 0.6) is 5.75 Å². The molecule has 9 nitrogen and oxygen atoms in total. The van der Waals surface area contributed by atoms with E-state index in [0.717, 1.165) is 24.1 Å². The van der Waals surface area contributed by atoms with E-state index in [1.807, 2.05) is 24.3 Å². The lowest BCUT2D eigenvalue weighted by Crippen LogP contribution is -2.45. The molecule has 6 atom stereocenters. The highest BCUT2D eigenvalue weighted by Gasteiger charge is 2.36. The Labute approximate surface area is 301 Å². The lowest BCUT2D eigenvalue weighted by molar-refractivity contribution is -0.139. The number of benzene rings is 2. The second-order valence-electron chi connectivity index (χ2n) is 13.7. The molecule has 0 radical (unpaired) electrons. The van der Waals surface area contributed by atoms with Crippen molar-refractivity contribution >= 4 is 40.1 Å². The van der Waals surface area contributed by atoms with Gasteiger partial charge in [-0.1, -0.05) is 56.5 Å². The molecule has 1 saturated heterocycles. The van der Waals surface area contributed by atoms with Crippen LogP contribution in [0.1, 0.15) is 64.0 Å². The maximum atomic E-state index is 13.8. The summed E-state index contributed by atoms with van der Waals surface area (Å²) in [7, 11) is -1.85. The molecule has 50 heavy (non-hydrogen) atoms. The van der Waals surface area contributed by atoms with Crippen LogP contribution in [0.25, 0.3) is 0 Å². The fourth-order valence-electron chi connectivity index (χ4n) is 6.68. The van der Waals surface area contributed by atoms with Crippen LogP contribution >= 0.6 is 11.6 Å². The van der Waals surface area contributed by atoms with Crippen LogP contribution in [0, 0.1) is 5.92 Å². The fraction of sp³-hybridized carbons (Fsp3) is 0.568. The van der Waals surface area contributed by atoms with Gasteiger partial charge in [-0.05, 0) is 74.1 Å². The summed E-state index contributed by atoms with van der Waals surface area (Å²) in [5.74, 6) is -0.422. The smallest absolute Gasteiger partial charge is 0.263 e. The van der Waals surface area contributed by atoms with Gasteiger partial charge in [0.2, 0.25) is 5.91 Å². The van der Waals surface area contributed by atoms with E-state index in [9.17, 15) is 22.6 Å². The molecule has 3 aliphatic heterocycles. The molecule has 2 aromatic rings. The molecule has 2 aromatic carbocycles. The van der Waals surface area contributed by atoms with E-state index in [4.69, 9.17) is 25.8 Å². The third-order valence-corrected chi connectivity index (χ3v) is 11.0. The SMILES string of the molecule is CCCc1cc(Cl)ccc1C1COc2ccc3cc2N(CCC(CC)C(OCC(=O)N2CC(F)C(F)C2)/C=C/COC(C)(C)C(=O)NS3=O)C1. The molecular formula is C37H48ClF2N3O6S. The molecule has 3 heterocycles. The molecule has 3 aliphatic rings. The van der Waals surface area contributed by atoms with Gasteiger partial charge in [0.05, 0.1) is 43.0 Å². The zero-order valence-electron chi connectivity index (χ0n) is 29.2. The first-order valence-electron chi connectivity index (χ1n) is 17.4. The summed E-state index contributed by atoms with van der Waals surface area (Å²) >= 11 is 6.41. The quantitative estimate of drug-likeness (QED) is 0.344. The predicted octanol–water partition coefficient (Wildman–Crippen LogP) is 6.10. The summed E-state index contributed by atoms with van der Waals surface area (Å²) in [5.41, 5.74) is 1.79. The minimum absolute atomic E-state index is 0.00201. The first kappa shape index (κ1) is 38.2. The van der Waals surface area contributed by atoms with E-state index < -0.39 is 46.8 Å². The van der Waals surface area contributed by atoms with Gasteiger partial charge in [0, 0.05) is 24.0 Å². The van der Waals surface area contributed by atoms with Crippen LogP contribution in [-0.4, -0.2) is 91.0 Å². The van der Waals surface area contributed by atoms with E-state index in [-0.39, 0.29) is 38.1 Å². The lowest BCUT2D eigenvalue weighted by atomic mass is 9.91. The highest BCUT2D eigenvalue weighted by atomic mass is 35.5. The van der Waals surface area contributed by atoms with Crippen molar-refractivity contribution in [2.24, 2.45) is 5.92 Å². The Balaban J connectivity index is 1.47. The minimum atomic E-state index is -1.85. The van der Waals surface area contributed by atoms with E-state index in [2.05, 4.69) is 29.5 Å². The first-order valence-corrected chi connectivity index (χ1v) is 18.9. The topological polar surface area (TPSA) is 97.4 Å². The number of aryl methyl sites for hydroxylation is 1. The van der Waals surface area contributed by atoms with Crippen molar-refractivity contribution in [1.29, 1.82) is 0 Å². The van der Waals surface area contributed by atoms with Crippen molar-refractivity contribution in [3.63, 3.8) is 0 Å². The maximum Gasteiger partial charge on any atom is 0.263 e. The molecule has 274 valence electrons. The highest BCUT2D eigenvalue weighted by molar-refractivity contribution is 7.83. The molecule has 0 spiro atoms. The summed E-state index contributed by atoms with van der Waals surface area (Å²) in [6.07, 6.45) is 2.86. The monoisotopic (exact) mass is 735 g/mol. The number of nitrogens with one attached hydrogen (secondary N) is 1. The van der Waals surface area contributed by atoms with E-state index >= 15 is 0 Å². The molecule has 1 fully saturated rings. The van der Waals surface area contributed by atoms with Gasteiger partial charge in [0.15, 0.2) is 23.3 Å². The van der Waals surface area contributed by atoms with Gasteiger partial charge in [-0.25, -0.2) is 13.0 Å². The Morgan fingerprint density at radius 3 is 2.60 bits per heavy atom. The number of amides is 2. The number of carbonyl (C=O) groups is 2. The third-order valence-electron chi connectivity index (χ3n) is 9.72. The standard InChI is InChI=1S/C37H48ClF2N3O6S/c1-5-8-25-17-27(38)10-12-29(25)26-19-42-15-14-24(6-2)33(48-23-35(44)43-20-30(39)31(40)21-43)9-7-16-49-37(3,4)36(45)41-50(46)28-11-13-34(47-22-26)32(42)18-28/h7,9-13,17-18,24,26,30-31,33H,5-6,8,14-16,19-23H2,1-4H3,(H,41,45)/b9-7+. The number of likely N-dealkylation sites (tertiary alicyclic amines) is 1. The van der Waals surface area contributed by atoms with Gasteiger partial charge in [-0.3, -0.25) is 14.3 Å². The predicted molar refractivity (Wildman–Crippen MR) is 191 cm³/mol. The summed E-state index contributed by atoms with van der Waals surface area (Å²) in [6.45, 7) is 8.15. The molecule has 6 unspecified atom stereocenters. The number of rotatable bonds is 7. The largest absolute Gasteiger partial charge is 0.491 e. The number of halogens is 3. The third kappa shape index (κ3) is 9.23. The molecule has 13 heteroatoms. The molecular weight excluding hydrogens is 688 g/mol. The molecule has 0 saturated carbocycles. The second kappa shape index (κ2) is 17.0. The van der Waals surface area contributed by atoms with Gasteiger partial charge in [0.1, 0.15) is 18.0 Å². The average molecular weight is 736 g/mol. The van der Waals surface area contributed by atoms with Crippen LogP contribution in [0.2, 0.25) is 5.02 Å². The zero-order chi connectivity index (χ0) is 36.0. The van der Waals surface area contributed by atoms with E-state index in [1.165, 1.54) is 10.5 Å². The molecule has 2 amide bonds. The maximum absolute atomic E-state index is 13.8. The lowest BCUT2D eigenvalue weighted by Gasteiger charge is -2.31. The highest BCUT2D eigenvalue weighted by Crippen LogP contribution is 2.38. The Hall–Kier alpha value is -3.06. The van der Waals surface area contributed by atoms with Crippen molar-refractivity contribution in [1.82, 2.24) is 9.62 Å². The van der Waals surface area contributed by atoms with Crippen molar-refractivity contribution < 1.29 is 36.8 Å². The first-order chi connectivity index (χ1) is 23.9. The second-order valence-corrected chi connectivity index (χ2v) is 15.3. The Kier molecular flexibility index (Phi) is 13.0. The Bertz CT molecular complexity index is 1570. The van der Waals surface area contributed by atoms with Gasteiger partial charge in [-0.2, -0.15) is 0 Å². The van der Waals surface area contributed by atoms with E-state index in [0.29, 0.717) is 48.2 Å². The Morgan fingerprint density at radius 2 is 1.88 bits per heavy atom. The van der Waals surface area contributed by atoms with Crippen molar-refractivity contribution in [3.05, 3.63) is 64.7 Å². The van der Waals surface area contributed by atoms with Crippen LogP contribution in [0.15, 0.2) is 53.4 Å². The van der Waals surface area contributed by atoms with Crippen molar-refractivity contribution in [2.75, 3.05) is 50.9 Å². The van der Waals surface area contributed by atoms with Gasteiger partial charge in [0.25, 0.3) is 5.91 Å². The molecule has 0 aromatic heterocycles. The molecule has 0 aliphatic carbocycles. The minimum Gasteiger partial charge on any atom is -0.491 e. The summed E-state index contributed by atoms with van der Waals surface area (Å²) < 4.78 is 62.2. The van der Waals surface area contributed by atoms with Gasteiger partial charge < -0.3 is 24.0 Å². The van der Waals surface area contributed by atoms with Crippen LogP contribution < -0.4 is 14.4 Å². The van der Waals surface area contributed by atoms with Crippen LogP contribution in [-0.2, 0) is 36.5 Å². The normalized spacial score (nSPS) is 28.0. The number of hydrogen-bond donors (Lipinski definition) is 1. The summed E-state index contributed by atoms with van der Waals surface area (Å²) in [5, 5.41) is 0.685. The molecule has 2 bridgehead atoms. The van der Waals surface area contributed by atoms with Gasteiger partial charge >= 0.3 is 0 Å². The fourth-order valence-corrected chi connectivity index (χ4v) is 7.82. The average Bonchev–Trinajstić information content (AvgIpc) is 3.32. The van der Waals surface area contributed by atoms with Crippen LogP contribution in [0.3, 0.4) is 0 Å². The number of alkyl halides is 2. The van der Waals surface area contributed by atoms with Crippen molar-refractivity contribution in [2.45, 2.75) is 88.2 Å². The number of fused-ring (bicyclic) bond motifs is 1. The number of ether oxygens (including phenoxy) is 3. The van der Waals surface area contributed by atoms with E-state index in [1.54, 1.807) is 32.1 Å². The Morgan fingerprint density at radius 1 is 1.12 bits per heavy atom. The number of hydrogen-bond acceptors (Lipinski definition) is 7. The number of anilines is 1. The molecule has 1 N–H and O–H groups in total. The summed E-state index contributed by atoms with van der Waals surface area (Å²) in [6, 6.07) is 11.3. The van der Waals surface area contributed by atoms with Crippen molar-refractivity contribution in [3.8, 4) is 5.75 Å². The van der Waals surface area contributed by atoms with Gasteiger partial charge in [-0.15, -0.1) is 0 Å². The number of carbonyl (C=O) groups excluding carboxylic acids is 2. The van der Waals surface area contributed by atoms with Crippen LogP contribution in [0.4, 0.5) is 14.5 Å². The summed E-state index contributed by atoms with van der Waals surface area (Å²) in [4.78, 5) is 29.9. The number of nitrogens with zero attached hydrogens (tertiary/aromatic N) is 2. The zero-order valence-corrected chi connectivity index (χ0v) is 30.7. The molecule has 5 rings (SSSR count).